The number of hydrogen-bond donors (Lipinski definition) is 4. The molecule has 0 bridgehead atoms. The smallest absolute Gasteiger partial charge is 0.273 e. The van der Waals surface area contributed by atoms with Crippen molar-refractivity contribution in [2.75, 3.05) is 36.9 Å². The lowest BCUT2D eigenvalue weighted by Crippen LogP contribution is -2.41. The third-order valence-electron chi connectivity index (χ3n) is 4.84. The fourth-order valence-electron chi connectivity index (χ4n) is 3.25. The van der Waals surface area contributed by atoms with Gasteiger partial charge in [0.1, 0.15) is 11.6 Å². The van der Waals surface area contributed by atoms with Gasteiger partial charge in [-0.1, -0.05) is 0 Å². The van der Waals surface area contributed by atoms with E-state index >= 15 is 0 Å². The summed E-state index contributed by atoms with van der Waals surface area (Å²) >= 11 is 0. The highest BCUT2D eigenvalue weighted by Crippen LogP contribution is 2.32. The van der Waals surface area contributed by atoms with E-state index in [0.29, 0.717) is 43.8 Å². The zero-order valence-electron chi connectivity index (χ0n) is 16.6. The Morgan fingerprint density at radius 3 is 2.63 bits per heavy atom. The van der Waals surface area contributed by atoms with Gasteiger partial charge in [-0.25, -0.2) is 13.2 Å². The monoisotopic (exact) mass is 422 g/mol. The average molecular weight is 422 g/mol. The van der Waals surface area contributed by atoms with Gasteiger partial charge >= 0.3 is 0 Å². The summed E-state index contributed by atoms with van der Waals surface area (Å²) in [5, 5.41) is 3.82. The van der Waals surface area contributed by atoms with Gasteiger partial charge in [0.25, 0.3) is 5.92 Å². The Bertz CT molecular complexity index is 1030. The van der Waals surface area contributed by atoms with Gasteiger partial charge < -0.3 is 32.2 Å². The van der Waals surface area contributed by atoms with E-state index in [9.17, 15) is 13.2 Å². The molecule has 1 aliphatic rings. The number of anilines is 2. The number of benzene rings is 1. The van der Waals surface area contributed by atoms with E-state index < -0.39 is 17.3 Å². The maximum Gasteiger partial charge on any atom is 0.273 e. The first kappa shape index (κ1) is 21.6. The van der Waals surface area contributed by atoms with Crippen molar-refractivity contribution in [3.8, 4) is 0 Å². The van der Waals surface area contributed by atoms with E-state index in [1.807, 2.05) is 6.07 Å². The summed E-state index contributed by atoms with van der Waals surface area (Å²) < 4.78 is 47.3. The second kappa shape index (κ2) is 8.70. The number of rotatable bonds is 5. The maximum absolute atomic E-state index is 14.6. The Labute approximate surface area is 172 Å². The molecule has 1 aromatic heterocycles. The normalized spacial score (nSPS) is 16.5. The summed E-state index contributed by atoms with van der Waals surface area (Å²) in [6, 6.07) is 4.05. The van der Waals surface area contributed by atoms with Crippen LogP contribution in [0.4, 0.5) is 24.5 Å². The van der Waals surface area contributed by atoms with Gasteiger partial charge in [0.15, 0.2) is 0 Å². The molecule has 0 unspecified atom stereocenters. The maximum atomic E-state index is 14.6. The molecule has 0 radical (unpaired) electrons. The van der Waals surface area contributed by atoms with Crippen LogP contribution in [0.15, 0.2) is 24.4 Å². The van der Waals surface area contributed by atoms with Crippen molar-refractivity contribution in [2.24, 2.45) is 11.5 Å². The van der Waals surface area contributed by atoms with Crippen molar-refractivity contribution in [1.29, 1.82) is 0 Å². The number of nitrogens with one attached hydrogen (secondary N) is 1. The number of pyridine rings is 1. The summed E-state index contributed by atoms with van der Waals surface area (Å²) in [4.78, 5) is 6.43. The molecule has 1 saturated heterocycles. The third kappa shape index (κ3) is 4.70. The Kier molecular flexibility index (Phi) is 6.25. The van der Waals surface area contributed by atoms with Gasteiger partial charge in [-0.05, 0) is 18.2 Å². The van der Waals surface area contributed by atoms with Crippen LogP contribution in [0.1, 0.15) is 18.1 Å². The standard InChI is InChI=1S/C20H25F3N6O/c1-20(22,23)16-7-13(25)6-12(18(16)21)10-28-19(26)15-8-14(11-27-17(15)9-24)29-2-4-30-5-3-29/h6-9,11,28H,2-5,10,24-26H2,1H3/b17-9+,19-15+. The first-order chi connectivity index (χ1) is 14.2. The molecule has 162 valence electrons. The van der Waals surface area contributed by atoms with Crippen LogP contribution in [-0.4, -0.2) is 31.3 Å². The van der Waals surface area contributed by atoms with Crippen LogP contribution >= 0.6 is 0 Å². The van der Waals surface area contributed by atoms with Crippen LogP contribution in [0, 0.1) is 5.82 Å². The Hall–Kier alpha value is -3.14. The number of morpholine rings is 1. The zero-order valence-corrected chi connectivity index (χ0v) is 16.6. The van der Waals surface area contributed by atoms with Gasteiger partial charge in [-0.15, -0.1) is 0 Å². The minimum atomic E-state index is -3.36. The van der Waals surface area contributed by atoms with Crippen LogP contribution in [0.5, 0.6) is 0 Å². The van der Waals surface area contributed by atoms with Crippen LogP contribution in [0.2, 0.25) is 0 Å². The molecule has 7 nitrogen and oxygen atoms in total. The first-order valence-electron chi connectivity index (χ1n) is 9.41. The summed E-state index contributed by atoms with van der Waals surface area (Å²) in [5.74, 6) is -4.20. The van der Waals surface area contributed by atoms with Gasteiger partial charge in [0.05, 0.1) is 36.0 Å². The fourth-order valence-corrected chi connectivity index (χ4v) is 3.25. The quantitative estimate of drug-likeness (QED) is 0.511. The Morgan fingerprint density at radius 1 is 1.30 bits per heavy atom. The van der Waals surface area contributed by atoms with Gasteiger partial charge in [0, 0.05) is 49.2 Å². The molecule has 10 heteroatoms. The summed E-state index contributed by atoms with van der Waals surface area (Å²) in [6.07, 6.45) is 3.00. The molecule has 0 saturated carbocycles. The topological polar surface area (TPSA) is 115 Å². The van der Waals surface area contributed by atoms with E-state index in [2.05, 4.69) is 15.2 Å². The molecule has 0 atom stereocenters. The average Bonchev–Trinajstić information content (AvgIpc) is 2.73. The highest BCUT2D eigenvalue weighted by Gasteiger charge is 2.30. The number of nitrogens with two attached hydrogens (primary N) is 3. The molecular weight excluding hydrogens is 397 g/mol. The second-order valence-electron chi connectivity index (χ2n) is 7.09. The van der Waals surface area contributed by atoms with E-state index in [1.165, 1.54) is 12.3 Å². The third-order valence-corrected chi connectivity index (χ3v) is 4.84. The number of nitrogen functional groups attached to an aromatic ring is 1. The molecule has 0 aliphatic carbocycles. The number of alkyl halides is 2. The van der Waals surface area contributed by atoms with Crippen LogP contribution in [0.25, 0.3) is 12.0 Å². The van der Waals surface area contributed by atoms with Crippen molar-refractivity contribution in [3.63, 3.8) is 0 Å². The number of ether oxygens (including phenoxy) is 1. The summed E-state index contributed by atoms with van der Waals surface area (Å²) in [7, 11) is 0. The molecule has 1 fully saturated rings. The molecule has 2 aromatic rings. The molecule has 30 heavy (non-hydrogen) atoms. The van der Waals surface area contributed by atoms with Crippen LogP contribution in [-0.2, 0) is 17.2 Å². The lowest BCUT2D eigenvalue weighted by Gasteiger charge is -2.28. The summed E-state index contributed by atoms with van der Waals surface area (Å²) in [6.45, 7) is 3.12. The number of nitrogens with zero attached hydrogens (tertiary/aromatic N) is 2. The van der Waals surface area contributed by atoms with Crippen molar-refractivity contribution in [2.45, 2.75) is 19.4 Å². The predicted molar refractivity (Wildman–Crippen MR) is 110 cm³/mol. The molecule has 0 spiro atoms. The van der Waals surface area contributed by atoms with Crippen molar-refractivity contribution in [3.05, 3.63) is 51.9 Å². The molecule has 0 amide bonds. The van der Waals surface area contributed by atoms with E-state index in [0.717, 1.165) is 11.8 Å². The molecule has 7 N–H and O–H groups in total. The Balaban J connectivity index is 1.93. The van der Waals surface area contributed by atoms with Crippen molar-refractivity contribution in [1.82, 2.24) is 10.3 Å². The molecule has 2 heterocycles. The molecule has 3 rings (SSSR count). The molecule has 1 aliphatic heterocycles. The van der Waals surface area contributed by atoms with Gasteiger partial charge in [-0.3, -0.25) is 4.98 Å². The number of hydrogen-bond acceptors (Lipinski definition) is 7. The molecule has 1 aromatic carbocycles. The Morgan fingerprint density at radius 2 is 2.00 bits per heavy atom. The highest BCUT2D eigenvalue weighted by molar-refractivity contribution is 5.51. The number of halogens is 3. The largest absolute Gasteiger partial charge is 0.403 e. The minimum Gasteiger partial charge on any atom is -0.403 e. The lowest BCUT2D eigenvalue weighted by molar-refractivity contribution is 0.0136. The zero-order chi connectivity index (χ0) is 21.9. The van der Waals surface area contributed by atoms with E-state index in [-0.39, 0.29) is 23.6 Å². The van der Waals surface area contributed by atoms with E-state index in [1.54, 1.807) is 6.20 Å². The van der Waals surface area contributed by atoms with E-state index in [4.69, 9.17) is 21.9 Å². The molecular formula is C20H25F3N6O. The van der Waals surface area contributed by atoms with Crippen LogP contribution in [0.3, 0.4) is 0 Å². The van der Waals surface area contributed by atoms with Gasteiger partial charge in [0.2, 0.25) is 0 Å². The lowest BCUT2D eigenvalue weighted by atomic mass is 10.0. The first-order valence-corrected chi connectivity index (χ1v) is 9.41. The summed E-state index contributed by atoms with van der Waals surface area (Å²) in [5.41, 5.74) is 17.6. The van der Waals surface area contributed by atoms with Gasteiger partial charge in [-0.2, -0.15) is 0 Å². The SMILES string of the molecule is CC(F)(F)c1cc(N)cc(CN/C(N)=c2\cc(N3CCOCC3)cn\c2=C\N)c1F. The predicted octanol–water partition coefficient (Wildman–Crippen LogP) is 0.262. The second-order valence-corrected chi connectivity index (χ2v) is 7.09. The minimum absolute atomic E-state index is 0.0231. The highest BCUT2D eigenvalue weighted by atomic mass is 19.3. The van der Waals surface area contributed by atoms with Crippen molar-refractivity contribution >= 4 is 23.4 Å². The van der Waals surface area contributed by atoms with Crippen LogP contribution < -0.4 is 38.0 Å². The van der Waals surface area contributed by atoms with Crippen molar-refractivity contribution < 1.29 is 17.9 Å². The fraction of sp³-hybridized carbons (Fsp3) is 0.350. The number of aromatic nitrogens is 1.